The normalized spacial score (nSPS) is 10.7. The molecule has 0 heterocycles. The van der Waals surface area contributed by atoms with Gasteiger partial charge in [-0.15, -0.1) is 0 Å². The van der Waals surface area contributed by atoms with Crippen LogP contribution in [0, 0.1) is 0 Å². The summed E-state index contributed by atoms with van der Waals surface area (Å²) in [6.45, 7) is 0. The Morgan fingerprint density at radius 2 is 0.630 bits per heavy atom. The molecule has 0 amide bonds. The zero-order valence-electron chi connectivity index (χ0n) is 17.5. The molecule has 0 spiro atoms. The molecule has 0 nitrogen and oxygen atoms in total. The zero-order chi connectivity index (χ0) is 21.0. The van der Waals surface area contributed by atoms with E-state index >= 15 is 0 Å². The van der Waals surface area contributed by atoms with Crippen molar-refractivity contribution in [3.63, 3.8) is 0 Å². The maximum absolute atomic E-state index is 4.83. The standard InChI is InChI=1S/2C10H16As2.2ClH.Rh/c2*1-11(2)9-7-5-6-8-10(9)12(3)4;;;/h2*5-8H,1-4H3;2*1H;/q;;;;+2/p-2. The summed E-state index contributed by atoms with van der Waals surface area (Å²) >= 11 is -2.83. The van der Waals surface area contributed by atoms with Crippen LogP contribution in [0.2, 0.25) is 45.7 Å². The molecule has 7 heteroatoms. The summed E-state index contributed by atoms with van der Waals surface area (Å²) in [6.07, 6.45) is 0. The number of benzene rings is 2. The molecule has 2 rings (SSSR count). The Morgan fingerprint density at radius 3 is 0.741 bits per heavy atom. The Labute approximate surface area is 202 Å². The van der Waals surface area contributed by atoms with Crippen LogP contribution in [0.3, 0.4) is 0 Å². The van der Waals surface area contributed by atoms with Gasteiger partial charge in [0.05, 0.1) is 0 Å². The maximum atomic E-state index is 4.83. The summed E-state index contributed by atoms with van der Waals surface area (Å²) in [5, 5.41) is 0. The fraction of sp³-hybridized carbons (Fsp3) is 0.400. The van der Waals surface area contributed by atoms with Crippen LogP contribution in [-0.4, -0.2) is 58.6 Å². The third kappa shape index (κ3) is 11.7. The van der Waals surface area contributed by atoms with E-state index in [4.69, 9.17) is 19.4 Å². The summed E-state index contributed by atoms with van der Waals surface area (Å²) in [7, 11) is 9.67. The number of hydrogen-bond acceptors (Lipinski definition) is 0. The monoisotopic (exact) mass is 745 g/mol. The Balaban J connectivity index is 0.000000438. The molecular formula is C20H32As4Cl2Rh. The first-order valence-electron chi connectivity index (χ1n) is 8.38. The molecule has 0 aromatic heterocycles. The molecule has 0 unspecified atom stereocenters. The van der Waals surface area contributed by atoms with E-state index in [0.717, 1.165) is 0 Å². The van der Waals surface area contributed by atoms with Gasteiger partial charge in [-0.05, 0) is 0 Å². The first-order chi connectivity index (χ1) is 12.7. The molecule has 0 bridgehead atoms. The minimum absolute atomic E-state index is 0.226. The molecule has 2 aromatic rings. The van der Waals surface area contributed by atoms with Crippen LogP contribution in [0.1, 0.15) is 0 Å². The van der Waals surface area contributed by atoms with E-state index in [1.54, 1.807) is 17.4 Å². The summed E-state index contributed by atoms with van der Waals surface area (Å²) in [5.41, 5.74) is 19.4. The average Bonchev–Trinajstić information content (AvgIpc) is 2.62. The molecule has 0 saturated heterocycles. The van der Waals surface area contributed by atoms with E-state index in [0.29, 0.717) is 0 Å². The first kappa shape index (κ1) is 28.9. The van der Waals surface area contributed by atoms with Crippen LogP contribution in [0.15, 0.2) is 48.5 Å². The Morgan fingerprint density at radius 1 is 0.481 bits per heavy atom. The molecule has 0 aliphatic rings. The predicted octanol–water partition coefficient (Wildman–Crippen LogP) is 4.60. The first-order valence-corrected chi connectivity index (χ1v) is 31.4. The van der Waals surface area contributed by atoms with Crippen molar-refractivity contribution in [2.24, 2.45) is 0 Å². The van der Waals surface area contributed by atoms with Crippen molar-refractivity contribution in [2.45, 2.75) is 45.7 Å². The van der Waals surface area contributed by atoms with Crippen molar-refractivity contribution in [1.29, 1.82) is 0 Å². The summed E-state index contributed by atoms with van der Waals surface area (Å²) in [6, 6.07) is 18.1. The van der Waals surface area contributed by atoms with Crippen molar-refractivity contribution in [2.75, 3.05) is 0 Å². The van der Waals surface area contributed by atoms with Crippen LogP contribution < -0.4 is 17.4 Å². The second-order valence-corrected chi connectivity index (χ2v) is 28.1. The molecule has 2 aromatic carbocycles. The zero-order valence-corrected chi connectivity index (χ0v) is 28.2. The Kier molecular flexibility index (Phi) is 17.7. The van der Waals surface area contributed by atoms with Crippen LogP contribution in [-0.2, 0) is 15.1 Å². The number of hydrogen-bond donors (Lipinski definition) is 0. The van der Waals surface area contributed by atoms with Crippen molar-refractivity contribution in [3.05, 3.63) is 48.5 Å². The van der Waals surface area contributed by atoms with Crippen LogP contribution >= 0.6 is 19.4 Å². The fourth-order valence-electron chi connectivity index (χ4n) is 2.44. The molecule has 155 valence electrons. The molecule has 0 fully saturated rings. The van der Waals surface area contributed by atoms with E-state index in [-0.39, 0.29) is 15.1 Å². The molecule has 27 heavy (non-hydrogen) atoms. The van der Waals surface area contributed by atoms with Gasteiger partial charge in [0.2, 0.25) is 0 Å². The summed E-state index contributed by atoms with van der Waals surface area (Å²) < 4.78 is 6.81. The van der Waals surface area contributed by atoms with E-state index in [2.05, 4.69) is 94.2 Å². The SMILES string of the molecule is C[As](C)c1ccccc1[As](C)C.C[As](C)c1ccccc1[As](C)C.[Cl][Rh][Cl]. The second-order valence-electron chi connectivity index (χ2n) is 6.60. The van der Waals surface area contributed by atoms with Gasteiger partial charge < -0.3 is 0 Å². The van der Waals surface area contributed by atoms with E-state index in [9.17, 15) is 0 Å². The van der Waals surface area contributed by atoms with Gasteiger partial charge in [0, 0.05) is 0 Å². The summed E-state index contributed by atoms with van der Waals surface area (Å²) in [5.74, 6) is 0. The molecule has 0 radical (unpaired) electrons. The van der Waals surface area contributed by atoms with E-state index < -0.39 is 58.6 Å². The van der Waals surface area contributed by atoms with Crippen LogP contribution in [0.25, 0.3) is 0 Å². The predicted molar refractivity (Wildman–Crippen MR) is 133 cm³/mol. The molecular weight excluding hydrogens is 714 g/mol. The van der Waals surface area contributed by atoms with Gasteiger partial charge >= 0.3 is 205 Å². The third-order valence-corrected chi connectivity index (χ3v) is 16.7. The topological polar surface area (TPSA) is 0 Å². The van der Waals surface area contributed by atoms with Crippen molar-refractivity contribution in [1.82, 2.24) is 0 Å². The van der Waals surface area contributed by atoms with Gasteiger partial charge in [-0.3, -0.25) is 0 Å². The minimum atomic E-state index is -0.651. The molecule has 0 saturated carbocycles. The molecule has 0 aliphatic carbocycles. The van der Waals surface area contributed by atoms with Gasteiger partial charge in [0.25, 0.3) is 0 Å². The quantitative estimate of drug-likeness (QED) is 0.402. The van der Waals surface area contributed by atoms with Crippen molar-refractivity contribution < 1.29 is 15.1 Å². The Hall–Kier alpha value is 1.88. The van der Waals surface area contributed by atoms with Crippen LogP contribution in [0.4, 0.5) is 0 Å². The van der Waals surface area contributed by atoms with E-state index in [1.165, 1.54) is 0 Å². The fourth-order valence-corrected chi connectivity index (χ4v) is 18.9. The number of halogens is 2. The molecule has 0 N–H and O–H groups in total. The van der Waals surface area contributed by atoms with Crippen molar-refractivity contribution in [3.8, 4) is 0 Å². The van der Waals surface area contributed by atoms with Gasteiger partial charge in [-0.25, -0.2) is 0 Å². The molecule has 0 atom stereocenters. The second kappa shape index (κ2) is 16.6. The van der Waals surface area contributed by atoms with Gasteiger partial charge in [0.1, 0.15) is 0 Å². The van der Waals surface area contributed by atoms with Gasteiger partial charge in [-0.1, -0.05) is 0 Å². The van der Waals surface area contributed by atoms with Crippen molar-refractivity contribution >= 4 is 95.4 Å². The summed E-state index contributed by atoms with van der Waals surface area (Å²) in [4.78, 5) is 0. The average molecular weight is 746 g/mol. The molecule has 0 aliphatic heterocycles. The van der Waals surface area contributed by atoms with Gasteiger partial charge in [0.15, 0.2) is 0 Å². The van der Waals surface area contributed by atoms with Gasteiger partial charge in [-0.2, -0.15) is 0 Å². The van der Waals surface area contributed by atoms with E-state index in [1.807, 2.05) is 0 Å². The third-order valence-electron chi connectivity index (χ3n) is 3.69. The Bertz CT molecular complexity index is 540. The van der Waals surface area contributed by atoms with Crippen LogP contribution in [0.5, 0.6) is 0 Å². The number of rotatable bonds is 4.